The second kappa shape index (κ2) is 8.08. The zero-order chi connectivity index (χ0) is 24.2. The summed E-state index contributed by atoms with van der Waals surface area (Å²) in [4.78, 5) is 14.6. The molecule has 9 nitrogen and oxygen atoms in total. The molecule has 0 amide bonds. The summed E-state index contributed by atoms with van der Waals surface area (Å²) in [6.07, 6.45) is -0.699. The number of rotatable bonds is 5. The second-order valence-electron chi connectivity index (χ2n) is 8.53. The van der Waals surface area contributed by atoms with Gasteiger partial charge in [-0.05, 0) is 38.6 Å². The number of alkyl halides is 4. The number of hydrogen-bond donors (Lipinski definition) is 2. The van der Waals surface area contributed by atoms with Gasteiger partial charge in [0.15, 0.2) is 11.5 Å². The zero-order valence-corrected chi connectivity index (χ0v) is 18.5. The first kappa shape index (κ1) is 22.3. The number of nitrogen functional groups attached to an aromatic ring is 1. The third kappa shape index (κ3) is 3.89. The van der Waals surface area contributed by atoms with Crippen LogP contribution in [0.2, 0.25) is 0 Å². The number of likely N-dealkylation sites (tertiary alicyclic amines) is 1. The van der Waals surface area contributed by atoms with Gasteiger partial charge in [-0.25, -0.2) is 32.0 Å². The third-order valence-corrected chi connectivity index (χ3v) is 6.01. The standard InChI is InChI=1S/C21H23F4N9/c1-11-27-14-4-3-13(28-19(14)33(11)9-16(22)23)12-5-8-34-17(12)18(26)30-20(31-34)29-15-6-7-32(2)10-21(15,24)25/h3-5,8,15-16H,6-7,9-10H2,1-2H3,(H3,26,29,30,31)/t15-/m1/s1. The van der Waals surface area contributed by atoms with Crippen molar-refractivity contribution in [2.24, 2.45) is 0 Å². The Morgan fingerprint density at radius 1 is 1.21 bits per heavy atom. The van der Waals surface area contributed by atoms with Crippen molar-refractivity contribution < 1.29 is 17.6 Å². The van der Waals surface area contributed by atoms with Gasteiger partial charge in [-0.2, -0.15) is 4.98 Å². The van der Waals surface area contributed by atoms with Crippen LogP contribution in [-0.4, -0.2) is 72.6 Å². The fourth-order valence-electron chi connectivity index (χ4n) is 4.38. The van der Waals surface area contributed by atoms with E-state index in [1.807, 2.05) is 0 Å². The second-order valence-corrected chi connectivity index (χ2v) is 8.53. The highest BCUT2D eigenvalue weighted by atomic mass is 19.3. The average Bonchev–Trinajstić information content (AvgIpc) is 3.31. The van der Waals surface area contributed by atoms with Crippen molar-refractivity contribution in [3.63, 3.8) is 0 Å². The molecule has 0 saturated carbocycles. The molecule has 1 fully saturated rings. The summed E-state index contributed by atoms with van der Waals surface area (Å²) in [5, 5.41) is 7.04. The maximum absolute atomic E-state index is 14.4. The number of nitrogens with two attached hydrogens (primary N) is 1. The normalized spacial score (nSPS) is 18.9. The Hall–Kier alpha value is -3.48. The van der Waals surface area contributed by atoms with Crippen molar-refractivity contribution in [1.29, 1.82) is 0 Å². The lowest BCUT2D eigenvalue weighted by atomic mass is 10.0. The number of aryl methyl sites for hydroxylation is 1. The van der Waals surface area contributed by atoms with Crippen LogP contribution in [0.25, 0.3) is 27.9 Å². The number of nitrogens with zero attached hydrogens (tertiary/aromatic N) is 7. The van der Waals surface area contributed by atoms with Gasteiger partial charge in [0.25, 0.3) is 12.3 Å². The van der Waals surface area contributed by atoms with Crippen molar-refractivity contribution in [2.45, 2.75) is 38.3 Å². The summed E-state index contributed by atoms with van der Waals surface area (Å²) < 4.78 is 57.8. The molecular weight excluding hydrogens is 454 g/mol. The minimum atomic E-state index is -2.94. The molecule has 1 aliphatic rings. The molecule has 0 unspecified atom stereocenters. The summed E-state index contributed by atoms with van der Waals surface area (Å²) >= 11 is 0. The number of nitrogens with one attached hydrogen (secondary N) is 1. The Bertz CT molecular complexity index is 1360. The molecule has 1 aliphatic heterocycles. The van der Waals surface area contributed by atoms with Gasteiger partial charge in [0.1, 0.15) is 16.9 Å². The van der Waals surface area contributed by atoms with Crippen LogP contribution in [-0.2, 0) is 6.54 Å². The van der Waals surface area contributed by atoms with Gasteiger partial charge in [0, 0.05) is 18.3 Å². The molecule has 0 aromatic carbocycles. The Morgan fingerprint density at radius 2 is 2.00 bits per heavy atom. The summed E-state index contributed by atoms with van der Waals surface area (Å²) in [6, 6.07) is 4.01. The number of fused-ring (bicyclic) bond motifs is 2. The van der Waals surface area contributed by atoms with Crippen LogP contribution in [0.3, 0.4) is 0 Å². The third-order valence-electron chi connectivity index (χ3n) is 6.01. The van der Waals surface area contributed by atoms with E-state index in [2.05, 4.69) is 25.4 Å². The van der Waals surface area contributed by atoms with Gasteiger partial charge < -0.3 is 20.5 Å². The Morgan fingerprint density at radius 3 is 2.74 bits per heavy atom. The Kier molecular flexibility index (Phi) is 5.30. The number of anilines is 2. The van der Waals surface area contributed by atoms with Crippen molar-refractivity contribution in [1.82, 2.24) is 34.0 Å². The maximum Gasteiger partial charge on any atom is 0.280 e. The smallest absolute Gasteiger partial charge is 0.280 e. The molecule has 4 aromatic heterocycles. The molecule has 0 spiro atoms. The van der Waals surface area contributed by atoms with Crippen molar-refractivity contribution in [3.05, 3.63) is 30.2 Å². The molecule has 1 saturated heterocycles. The first-order valence-electron chi connectivity index (χ1n) is 10.7. The molecule has 1 atom stereocenters. The topological polar surface area (TPSA) is 102 Å². The van der Waals surface area contributed by atoms with Crippen molar-refractivity contribution >= 4 is 28.4 Å². The van der Waals surface area contributed by atoms with Crippen LogP contribution in [0.15, 0.2) is 24.4 Å². The van der Waals surface area contributed by atoms with Gasteiger partial charge >= 0.3 is 0 Å². The summed E-state index contributed by atoms with van der Waals surface area (Å²) in [5.74, 6) is -2.44. The summed E-state index contributed by atoms with van der Waals surface area (Å²) in [5.41, 5.74) is 8.52. The molecular formula is C21H23F4N9. The zero-order valence-electron chi connectivity index (χ0n) is 18.5. The molecule has 0 bridgehead atoms. The first-order valence-corrected chi connectivity index (χ1v) is 10.7. The predicted octanol–water partition coefficient (Wildman–Crippen LogP) is 3.05. The highest BCUT2D eigenvalue weighted by molar-refractivity contribution is 5.88. The van der Waals surface area contributed by atoms with Crippen molar-refractivity contribution in [2.75, 3.05) is 31.2 Å². The van der Waals surface area contributed by atoms with E-state index in [1.165, 1.54) is 9.08 Å². The monoisotopic (exact) mass is 477 g/mol. The first-order chi connectivity index (χ1) is 16.1. The van der Waals surface area contributed by atoms with E-state index in [9.17, 15) is 17.6 Å². The minimum Gasteiger partial charge on any atom is -0.382 e. The molecule has 34 heavy (non-hydrogen) atoms. The lowest BCUT2D eigenvalue weighted by Gasteiger charge is -2.36. The number of halogens is 4. The van der Waals surface area contributed by atoms with Gasteiger partial charge in [-0.3, -0.25) is 0 Å². The van der Waals surface area contributed by atoms with E-state index in [4.69, 9.17) is 5.73 Å². The Labute approximate surface area is 191 Å². The van der Waals surface area contributed by atoms with Gasteiger partial charge in [0.2, 0.25) is 5.95 Å². The number of hydrogen-bond acceptors (Lipinski definition) is 7. The molecule has 5 rings (SSSR count). The SMILES string of the molecule is Cc1nc2ccc(-c3ccn4nc(N[C@@H]5CCN(C)CC5(F)F)nc(N)c34)nc2n1CC(F)F. The van der Waals surface area contributed by atoms with E-state index < -0.39 is 24.9 Å². The predicted molar refractivity (Wildman–Crippen MR) is 119 cm³/mol. The van der Waals surface area contributed by atoms with E-state index in [-0.39, 0.29) is 24.7 Å². The van der Waals surface area contributed by atoms with Crippen LogP contribution >= 0.6 is 0 Å². The van der Waals surface area contributed by atoms with E-state index in [0.717, 1.165) is 0 Å². The quantitative estimate of drug-likeness (QED) is 0.426. The highest BCUT2D eigenvalue weighted by Gasteiger charge is 2.44. The fraction of sp³-hybridized carbons (Fsp3) is 0.429. The maximum atomic E-state index is 14.4. The largest absolute Gasteiger partial charge is 0.382 e. The lowest BCUT2D eigenvalue weighted by Crippen LogP contribution is -2.53. The highest BCUT2D eigenvalue weighted by Crippen LogP contribution is 2.31. The van der Waals surface area contributed by atoms with Gasteiger partial charge in [-0.1, -0.05) is 0 Å². The molecule has 0 aliphatic carbocycles. The van der Waals surface area contributed by atoms with Gasteiger partial charge in [0.05, 0.1) is 24.8 Å². The molecule has 5 heterocycles. The van der Waals surface area contributed by atoms with Crippen LogP contribution in [0.5, 0.6) is 0 Å². The number of imidazole rings is 1. The van der Waals surface area contributed by atoms with Crippen molar-refractivity contribution in [3.8, 4) is 11.3 Å². The lowest BCUT2D eigenvalue weighted by molar-refractivity contribution is -0.0675. The van der Waals surface area contributed by atoms with Crippen LogP contribution < -0.4 is 11.1 Å². The van der Waals surface area contributed by atoms with Crippen LogP contribution in [0, 0.1) is 6.92 Å². The number of aromatic nitrogens is 6. The van der Waals surface area contributed by atoms with Crippen LogP contribution in [0.4, 0.5) is 29.3 Å². The van der Waals surface area contributed by atoms with Gasteiger partial charge in [-0.15, -0.1) is 5.10 Å². The molecule has 180 valence electrons. The van der Waals surface area contributed by atoms with E-state index in [0.29, 0.717) is 40.3 Å². The average molecular weight is 477 g/mol. The molecule has 3 N–H and O–H groups in total. The van der Waals surface area contributed by atoms with E-state index >= 15 is 0 Å². The van der Waals surface area contributed by atoms with E-state index in [1.54, 1.807) is 43.3 Å². The number of piperidine rings is 1. The summed E-state index contributed by atoms with van der Waals surface area (Å²) in [7, 11) is 1.65. The summed E-state index contributed by atoms with van der Waals surface area (Å²) in [6.45, 7) is 1.29. The minimum absolute atomic E-state index is 0.00424. The molecule has 13 heteroatoms. The molecule has 4 aromatic rings. The van der Waals surface area contributed by atoms with Crippen LogP contribution in [0.1, 0.15) is 12.2 Å². The molecule has 0 radical (unpaired) electrons. The Balaban J connectivity index is 1.51. The number of pyridine rings is 1. The fourth-order valence-corrected chi connectivity index (χ4v) is 4.38.